The number of amidine groups is 1. The van der Waals surface area contributed by atoms with E-state index in [0.717, 1.165) is 17.7 Å². The Morgan fingerprint density at radius 3 is 2.83 bits per heavy atom. The summed E-state index contributed by atoms with van der Waals surface area (Å²) in [6.45, 7) is 2.98. The van der Waals surface area contributed by atoms with Gasteiger partial charge in [0.05, 0.1) is 10.7 Å². The van der Waals surface area contributed by atoms with Crippen LogP contribution in [0.15, 0.2) is 53.2 Å². The van der Waals surface area contributed by atoms with Crippen LogP contribution in [0.25, 0.3) is 5.70 Å². The summed E-state index contributed by atoms with van der Waals surface area (Å²) in [5, 5.41) is 3.26. The van der Waals surface area contributed by atoms with Crippen LogP contribution in [0.3, 0.4) is 0 Å². The molecule has 1 aromatic heterocycles. The molecular weight excluding hydrogens is 406 g/mol. The first kappa shape index (κ1) is 21.4. The first-order chi connectivity index (χ1) is 14.4. The smallest absolute Gasteiger partial charge is 0.228 e. The number of aromatic nitrogens is 1. The number of rotatable bonds is 6. The Balaban J connectivity index is 1.52. The Bertz CT molecular complexity index is 948. The fourth-order valence-electron chi connectivity index (χ4n) is 2.96. The number of allylic oxidation sites excluding steroid dienone is 3. The van der Waals surface area contributed by atoms with E-state index in [4.69, 9.17) is 17.3 Å². The highest BCUT2D eigenvalue weighted by Gasteiger charge is 2.21. The van der Waals surface area contributed by atoms with Crippen LogP contribution in [0.4, 0.5) is 0 Å². The van der Waals surface area contributed by atoms with Gasteiger partial charge in [-0.2, -0.15) is 0 Å². The van der Waals surface area contributed by atoms with Crippen LogP contribution in [0.1, 0.15) is 31.7 Å². The van der Waals surface area contributed by atoms with Crippen LogP contribution >= 0.6 is 11.6 Å². The van der Waals surface area contributed by atoms with Crippen LogP contribution in [0.5, 0.6) is 0 Å². The van der Waals surface area contributed by atoms with Crippen molar-refractivity contribution in [3.8, 4) is 0 Å². The summed E-state index contributed by atoms with van der Waals surface area (Å²) in [6, 6.07) is 1.78. The standard InChI is InChI=1S/C20H24ClN7O2/c1-13(22)9-18-24-7-2-8-28(18)20(30)6-5-19(29)25-17-4-3-16(26-27-17)14-10-15(21)12-23-11-14/h3-4,9-12,26-27H,2,5-8,22H2,1H3,(H,25,29). The van der Waals surface area contributed by atoms with Crippen LogP contribution < -0.4 is 21.9 Å². The maximum atomic E-state index is 12.5. The zero-order chi connectivity index (χ0) is 21.5. The second-order valence-electron chi connectivity index (χ2n) is 6.88. The second-order valence-corrected chi connectivity index (χ2v) is 7.31. The average molecular weight is 430 g/mol. The molecule has 0 bridgehead atoms. The van der Waals surface area contributed by atoms with Gasteiger partial charge in [-0.15, -0.1) is 0 Å². The zero-order valence-corrected chi connectivity index (χ0v) is 17.4. The van der Waals surface area contributed by atoms with E-state index < -0.39 is 0 Å². The molecule has 2 aliphatic heterocycles. The Hall–Kier alpha value is -3.33. The van der Waals surface area contributed by atoms with Gasteiger partial charge in [-0.25, -0.2) is 0 Å². The number of hydrogen-bond donors (Lipinski definition) is 4. The molecule has 158 valence electrons. The molecule has 5 N–H and O–H groups in total. The number of nitrogens with one attached hydrogen (secondary N) is 3. The van der Waals surface area contributed by atoms with Gasteiger partial charge in [0.25, 0.3) is 0 Å². The molecule has 0 spiro atoms. The third kappa shape index (κ3) is 5.84. The number of carbonyl (C=O) groups excluding carboxylic acids is 2. The maximum absolute atomic E-state index is 12.5. The van der Waals surface area contributed by atoms with E-state index in [0.29, 0.717) is 35.5 Å². The van der Waals surface area contributed by atoms with Gasteiger partial charge in [0.15, 0.2) is 0 Å². The van der Waals surface area contributed by atoms with Crippen molar-refractivity contribution in [3.63, 3.8) is 0 Å². The fraction of sp³-hybridized carbons (Fsp3) is 0.300. The van der Waals surface area contributed by atoms with E-state index in [1.54, 1.807) is 48.5 Å². The summed E-state index contributed by atoms with van der Waals surface area (Å²) in [6.07, 6.45) is 9.35. The van der Waals surface area contributed by atoms with Crippen molar-refractivity contribution in [2.45, 2.75) is 26.2 Å². The predicted octanol–water partition coefficient (Wildman–Crippen LogP) is 1.41. The third-order valence-electron chi connectivity index (χ3n) is 4.35. The SMILES string of the molecule is CC(N)=CC1=NCCCN1C(=O)CCC(=O)NC1=CC=C(c2cncc(Cl)c2)NN1. The van der Waals surface area contributed by atoms with Crippen LogP contribution in [0, 0.1) is 0 Å². The number of pyridine rings is 1. The van der Waals surface area contributed by atoms with Crippen molar-refractivity contribution in [1.82, 2.24) is 26.1 Å². The molecule has 0 fully saturated rings. The minimum atomic E-state index is -0.272. The summed E-state index contributed by atoms with van der Waals surface area (Å²) in [4.78, 5) is 34.8. The Morgan fingerprint density at radius 2 is 2.13 bits per heavy atom. The van der Waals surface area contributed by atoms with E-state index >= 15 is 0 Å². The number of nitrogens with two attached hydrogens (primary N) is 1. The first-order valence-electron chi connectivity index (χ1n) is 9.56. The topological polar surface area (TPSA) is 125 Å². The van der Waals surface area contributed by atoms with E-state index in [9.17, 15) is 9.59 Å². The van der Waals surface area contributed by atoms with Crippen molar-refractivity contribution in [3.05, 3.63) is 58.8 Å². The highest BCUT2D eigenvalue weighted by Crippen LogP contribution is 2.16. The lowest BCUT2D eigenvalue weighted by Crippen LogP contribution is -2.42. The minimum Gasteiger partial charge on any atom is -0.402 e. The second kappa shape index (κ2) is 9.93. The number of aliphatic imine (C=N–C) groups is 1. The number of carbonyl (C=O) groups is 2. The molecule has 1 aromatic rings. The number of halogens is 1. The molecule has 0 saturated carbocycles. The van der Waals surface area contributed by atoms with E-state index in [2.05, 4.69) is 26.1 Å². The maximum Gasteiger partial charge on any atom is 0.228 e. The Labute approximate surface area is 179 Å². The molecular formula is C20H24ClN7O2. The molecule has 0 atom stereocenters. The van der Waals surface area contributed by atoms with Crippen LogP contribution in [-0.4, -0.2) is 40.6 Å². The lowest BCUT2D eigenvalue weighted by molar-refractivity contribution is -0.130. The molecule has 10 heteroatoms. The monoisotopic (exact) mass is 429 g/mol. The zero-order valence-electron chi connectivity index (χ0n) is 16.6. The Morgan fingerprint density at radius 1 is 1.30 bits per heavy atom. The molecule has 0 unspecified atom stereocenters. The van der Waals surface area contributed by atoms with E-state index in [-0.39, 0.29) is 24.7 Å². The number of hydrogen-bond acceptors (Lipinski definition) is 7. The van der Waals surface area contributed by atoms with Gasteiger partial charge in [-0.1, -0.05) is 11.6 Å². The van der Waals surface area contributed by atoms with Crippen molar-refractivity contribution >= 4 is 34.9 Å². The average Bonchev–Trinajstić information content (AvgIpc) is 2.72. The van der Waals surface area contributed by atoms with Crippen molar-refractivity contribution in [1.29, 1.82) is 0 Å². The van der Waals surface area contributed by atoms with Crippen LogP contribution in [0.2, 0.25) is 5.02 Å². The summed E-state index contributed by atoms with van der Waals surface area (Å²) >= 11 is 5.95. The number of hydrazine groups is 1. The highest BCUT2D eigenvalue weighted by atomic mass is 35.5. The summed E-state index contributed by atoms with van der Waals surface area (Å²) < 4.78 is 0. The molecule has 9 nitrogen and oxygen atoms in total. The van der Waals surface area contributed by atoms with Crippen molar-refractivity contribution in [2.75, 3.05) is 13.1 Å². The normalized spacial score (nSPS) is 16.5. The van der Waals surface area contributed by atoms with Gasteiger partial charge in [0.1, 0.15) is 11.7 Å². The van der Waals surface area contributed by atoms with Gasteiger partial charge >= 0.3 is 0 Å². The quantitative estimate of drug-likeness (QED) is 0.542. The molecule has 30 heavy (non-hydrogen) atoms. The summed E-state index contributed by atoms with van der Waals surface area (Å²) in [5.41, 5.74) is 13.7. The van der Waals surface area contributed by atoms with Crippen molar-refractivity contribution in [2.24, 2.45) is 10.7 Å². The number of amides is 2. The minimum absolute atomic E-state index is 0.0573. The highest BCUT2D eigenvalue weighted by molar-refractivity contribution is 6.30. The first-order valence-corrected chi connectivity index (χ1v) is 9.93. The lowest BCUT2D eigenvalue weighted by Gasteiger charge is -2.26. The molecule has 0 aromatic carbocycles. The largest absolute Gasteiger partial charge is 0.402 e. The third-order valence-corrected chi connectivity index (χ3v) is 4.56. The van der Waals surface area contributed by atoms with Gasteiger partial charge in [0, 0.05) is 49.6 Å². The van der Waals surface area contributed by atoms with Gasteiger partial charge < -0.3 is 11.1 Å². The molecule has 0 radical (unpaired) electrons. The molecule has 3 rings (SSSR count). The lowest BCUT2D eigenvalue weighted by atomic mass is 10.2. The molecule has 2 aliphatic rings. The molecule has 2 amide bonds. The predicted molar refractivity (Wildman–Crippen MR) is 116 cm³/mol. The summed E-state index contributed by atoms with van der Waals surface area (Å²) in [7, 11) is 0. The van der Waals surface area contributed by atoms with E-state index in [1.807, 2.05) is 0 Å². The van der Waals surface area contributed by atoms with Gasteiger partial charge in [0.2, 0.25) is 11.8 Å². The molecule has 3 heterocycles. The molecule has 0 aliphatic carbocycles. The number of nitrogens with zero attached hydrogens (tertiary/aromatic N) is 3. The van der Waals surface area contributed by atoms with E-state index in [1.165, 1.54) is 0 Å². The van der Waals surface area contributed by atoms with Gasteiger partial charge in [-0.3, -0.25) is 35.3 Å². The van der Waals surface area contributed by atoms with Gasteiger partial charge in [-0.05, 0) is 37.6 Å². The Kier molecular flexibility index (Phi) is 7.08. The van der Waals surface area contributed by atoms with Crippen molar-refractivity contribution < 1.29 is 9.59 Å². The van der Waals surface area contributed by atoms with Crippen LogP contribution in [-0.2, 0) is 9.59 Å². The molecule has 0 saturated heterocycles. The summed E-state index contributed by atoms with van der Waals surface area (Å²) in [5.74, 6) is 0.612. The fourth-order valence-corrected chi connectivity index (χ4v) is 3.13.